The summed E-state index contributed by atoms with van der Waals surface area (Å²) in [7, 11) is 0. The molecule has 0 saturated carbocycles. The number of aryl methyl sites for hydroxylation is 1. The zero-order valence-electron chi connectivity index (χ0n) is 25.8. The van der Waals surface area contributed by atoms with Crippen molar-refractivity contribution in [1.29, 1.82) is 0 Å². The molecule has 3 nitrogen and oxygen atoms in total. The molecule has 0 aliphatic carbocycles. The van der Waals surface area contributed by atoms with E-state index in [9.17, 15) is 0 Å². The lowest BCUT2D eigenvalue weighted by Crippen LogP contribution is -1.96. The highest BCUT2D eigenvalue weighted by atomic mass is 32.2. The molecule has 0 unspecified atom stereocenters. The Morgan fingerprint density at radius 3 is 1.30 bits per heavy atom. The molecule has 3 aromatic heterocycles. The largest absolute Gasteiger partial charge is 0.309 e. The van der Waals surface area contributed by atoms with Crippen LogP contribution in [0.1, 0.15) is 5.56 Å². The Morgan fingerprint density at radius 2 is 0.745 bits per heavy atom. The van der Waals surface area contributed by atoms with Crippen molar-refractivity contribution >= 4 is 77.4 Å². The Bertz CT molecular complexity index is 2780. The van der Waals surface area contributed by atoms with E-state index in [4.69, 9.17) is 0 Å². The van der Waals surface area contributed by atoms with Gasteiger partial charge in [-0.2, -0.15) is 0 Å². The van der Waals surface area contributed by atoms with Gasteiger partial charge in [0, 0.05) is 48.6 Å². The van der Waals surface area contributed by atoms with E-state index >= 15 is 0 Å². The van der Waals surface area contributed by atoms with Crippen molar-refractivity contribution in [2.45, 2.75) is 11.8 Å². The quantitative estimate of drug-likeness (QED) is 0.191. The smallest absolute Gasteiger partial charge is 0.0609 e. The van der Waals surface area contributed by atoms with Crippen LogP contribution in [0.3, 0.4) is 0 Å². The molecule has 10 aromatic rings. The molecule has 0 spiro atoms. The molecular weight excluding hydrogens is 591 g/mol. The van der Waals surface area contributed by atoms with Crippen molar-refractivity contribution in [1.82, 2.24) is 13.1 Å². The number of aromatic nitrogens is 3. The fourth-order valence-corrected chi connectivity index (χ4v) is 8.43. The summed E-state index contributed by atoms with van der Waals surface area (Å²) < 4.78 is 7.21. The van der Waals surface area contributed by atoms with Crippen LogP contribution in [0.15, 0.2) is 163 Å². The maximum Gasteiger partial charge on any atom is 0.0609 e. The molecular formula is C43H29N3S. The number of hydrogen-bond acceptors (Lipinski definition) is 1. The van der Waals surface area contributed by atoms with Crippen molar-refractivity contribution in [3.63, 3.8) is 0 Å². The molecule has 10 rings (SSSR count). The van der Waals surface area contributed by atoms with Crippen LogP contribution in [0, 0.1) is 6.92 Å². The first kappa shape index (κ1) is 26.5. The van der Waals surface area contributed by atoms with Crippen LogP contribution < -0.4 is 0 Å². The summed E-state index contributed by atoms with van der Waals surface area (Å²) in [6, 6.07) is 57.7. The highest BCUT2D eigenvalue weighted by molar-refractivity contribution is 7.98. The van der Waals surface area contributed by atoms with Gasteiger partial charge in [0.2, 0.25) is 0 Å². The number of nitrogens with zero attached hydrogens (tertiary/aromatic N) is 3. The van der Waals surface area contributed by atoms with Gasteiger partial charge < -0.3 is 9.13 Å². The summed E-state index contributed by atoms with van der Waals surface area (Å²) in [5.74, 6) is 0. The van der Waals surface area contributed by atoms with Crippen molar-refractivity contribution in [3.05, 3.63) is 163 Å². The highest BCUT2D eigenvalue weighted by Crippen LogP contribution is 2.40. The van der Waals surface area contributed by atoms with E-state index in [1.165, 1.54) is 81.6 Å². The average Bonchev–Trinajstić information content (AvgIpc) is 3.75. The minimum atomic E-state index is 1.16. The van der Waals surface area contributed by atoms with Crippen LogP contribution in [0.2, 0.25) is 0 Å². The fraction of sp³-hybridized carbons (Fsp3) is 0.0233. The normalized spacial score (nSPS) is 12.0. The minimum Gasteiger partial charge on any atom is -0.309 e. The average molecular weight is 620 g/mol. The highest BCUT2D eigenvalue weighted by Gasteiger charge is 2.18. The molecule has 0 saturated heterocycles. The molecule has 7 aromatic carbocycles. The lowest BCUT2D eigenvalue weighted by Gasteiger charge is -2.11. The molecule has 3 heterocycles. The first-order valence-corrected chi connectivity index (χ1v) is 16.8. The van der Waals surface area contributed by atoms with Gasteiger partial charge in [-0.3, -0.25) is 3.97 Å². The van der Waals surface area contributed by atoms with Gasteiger partial charge in [-0.25, -0.2) is 0 Å². The lowest BCUT2D eigenvalue weighted by molar-refractivity contribution is 1.17. The molecule has 4 heteroatoms. The van der Waals surface area contributed by atoms with Crippen LogP contribution in [0.4, 0.5) is 0 Å². The van der Waals surface area contributed by atoms with Crippen molar-refractivity contribution in [2.75, 3.05) is 0 Å². The molecule has 0 N–H and O–H groups in total. The number of benzene rings is 7. The van der Waals surface area contributed by atoms with E-state index in [1.54, 1.807) is 11.9 Å². The first-order valence-electron chi connectivity index (χ1n) is 16.0. The number of fused-ring (bicyclic) bond motifs is 9. The van der Waals surface area contributed by atoms with Crippen molar-refractivity contribution in [2.24, 2.45) is 0 Å². The van der Waals surface area contributed by atoms with E-state index < -0.39 is 0 Å². The summed E-state index contributed by atoms with van der Waals surface area (Å²) in [4.78, 5) is 1.23. The van der Waals surface area contributed by atoms with Gasteiger partial charge in [-0.05, 0) is 91.7 Å². The topological polar surface area (TPSA) is 14.8 Å². The lowest BCUT2D eigenvalue weighted by atomic mass is 10.1. The van der Waals surface area contributed by atoms with Gasteiger partial charge in [0.1, 0.15) is 0 Å². The summed E-state index contributed by atoms with van der Waals surface area (Å²) in [5, 5.41) is 7.57. The monoisotopic (exact) mass is 619 g/mol. The molecule has 0 aliphatic heterocycles. The molecule has 0 radical (unpaired) electrons. The second kappa shape index (κ2) is 10.1. The van der Waals surface area contributed by atoms with Gasteiger partial charge >= 0.3 is 0 Å². The van der Waals surface area contributed by atoms with E-state index in [0.29, 0.717) is 0 Å². The maximum absolute atomic E-state index is 2.43. The minimum absolute atomic E-state index is 1.16. The van der Waals surface area contributed by atoms with Crippen LogP contribution in [0.25, 0.3) is 76.8 Å². The molecule has 222 valence electrons. The van der Waals surface area contributed by atoms with Crippen LogP contribution in [-0.4, -0.2) is 13.1 Å². The molecule has 0 fully saturated rings. The number of hydrogen-bond donors (Lipinski definition) is 0. The van der Waals surface area contributed by atoms with Gasteiger partial charge in [0.05, 0.1) is 33.1 Å². The van der Waals surface area contributed by atoms with Gasteiger partial charge in [-0.15, -0.1) is 0 Å². The number of para-hydroxylation sites is 4. The van der Waals surface area contributed by atoms with Crippen LogP contribution >= 0.6 is 11.9 Å². The Hall–Kier alpha value is -5.71. The van der Waals surface area contributed by atoms with Crippen LogP contribution in [0.5, 0.6) is 0 Å². The molecule has 0 atom stereocenters. The Kier molecular flexibility index (Phi) is 5.72. The molecule has 0 bridgehead atoms. The van der Waals surface area contributed by atoms with Gasteiger partial charge in [0.15, 0.2) is 0 Å². The van der Waals surface area contributed by atoms with E-state index in [-0.39, 0.29) is 0 Å². The van der Waals surface area contributed by atoms with Crippen molar-refractivity contribution < 1.29 is 0 Å². The fourth-order valence-electron chi connectivity index (χ4n) is 7.45. The van der Waals surface area contributed by atoms with Crippen LogP contribution in [-0.2, 0) is 0 Å². The SMILES string of the molecule is Cc1ccc(Sn2c3ccccc3c3cc(-n4c5ccccc5c5cc(-n6c7ccccc7c7ccccc76)ccc54)ccc32)cc1. The van der Waals surface area contributed by atoms with E-state index in [1.807, 2.05) is 0 Å². The first-order chi connectivity index (χ1) is 23.2. The summed E-state index contributed by atoms with van der Waals surface area (Å²) in [6.45, 7) is 2.14. The van der Waals surface area contributed by atoms with Gasteiger partial charge in [0.25, 0.3) is 0 Å². The maximum atomic E-state index is 2.43. The third-order valence-electron chi connectivity index (χ3n) is 9.58. The Morgan fingerprint density at radius 1 is 0.362 bits per heavy atom. The second-order valence-electron chi connectivity index (χ2n) is 12.3. The molecule has 47 heavy (non-hydrogen) atoms. The summed E-state index contributed by atoms with van der Waals surface area (Å²) in [6.07, 6.45) is 0. The predicted octanol–water partition coefficient (Wildman–Crippen LogP) is 11.9. The van der Waals surface area contributed by atoms with Crippen molar-refractivity contribution in [3.8, 4) is 11.4 Å². The third kappa shape index (κ3) is 3.95. The van der Waals surface area contributed by atoms with E-state index in [2.05, 4.69) is 178 Å². The van der Waals surface area contributed by atoms with E-state index in [0.717, 1.165) is 5.69 Å². The molecule has 0 aliphatic rings. The zero-order chi connectivity index (χ0) is 31.1. The zero-order valence-corrected chi connectivity index (χ0v) is 26.6. The predicted molar refractivity (Wildman–Crippen MR) is 201 cm³/mol. The Labute approximate surface area is 276 Å². The summed E-state index contributed by atoms with van der Waals surface area (Å²) >= 11 is 1.78. The molecule has 0 amide bonds. The number of rotatable bonds is 4. The Balaban J connectivity index is 1.19. The third-order valence-corrected chi connectivity index (χ3v) is 10.6. The van der Waals surface area contributed by atoms with Gasteiger partial charge in [-0.1, -0.05) is 90.5 Å². The summed E-state index contributed by atoms with van der Waals surface area (Å²) in [5.41, 5.74) is 10.9. The standard InChI is InChI=1S/C43H29N3S/c1-28-18-22-31(23-19-28)47-46-42-17-9-5-13-35(42)37-27-30(21-25-43(37)46)45-40-16-8-4-12-34(40)36-26-29(20-24-41(36)45)44-38-14-6-2-10-32(38)33-11-3-7-15-39(33)44/h2-27H,1H3. The second-order valence-corrected chi connectivity index (χ2v) is 13.4.